The average Bonchev–Trinajstić information content (AvgIpc) is 2.39. The minimum atomic E-state index is -4.29. The molecular formula is C16H33KO4S. The molecule has 0 aliphatic heterocycles. The molecule has 0 amide bonds. The Bertz CT molecular complexity index is 333. The predicted molar refractivity (Wildman–Crippen MR) is 86.2 cm³/mol. The molecule has 0 bridgehead atoms. The summed E-state index contributed by atoms with van der Waals surface area (Å²) in [7, 11) is -4.29. The topological polar surface area (TPSA) is 77.4 Å². The summed E-state index contributed by atoms with van der Waals surface area (Å²) in [6.07, 6.45) is 10.2. The van der Waals surface area contributed by atoms with Gasteiger partial charge in [0.2, 0.25) is 0 Å². The molecule has 128 valence electrons. The summed E-state index contributed by atoms with van der Waals surface area (Å²) in [5.41, 5.74) is 0. The largest absolute Gasteiger partial charge is 1.00 e. The van der Waals surface area contributed by atoms with Gasteiger partial charge >= 0.3 is 51.4 Å². The van der Waals surface area contributed by atoms with E-state index in [9.17, 15) is 18.1 Å². The quantitative estimate of drug-likeness (QED) is 0.285. The molecule has 0 fully saturated rings. The zero-order valence-corrected chi connectivity index (χ0v) is 18.7. The molecule has 0 rings (SSSR count). The molecule has 0 aromatic heterocycles. The van der Waals surface area contributed by atoms with Gasteiger partial charge in [-0.15, -0.1) is 0 Å². The standard InChI is InChI=1S/C16H34O4S.K/c1-3-5-6-7-8-9-10-11-13-16(21(18,19)20)14-15(17)12-4-2;/h15-17H,3-14H2,1-2H3,(H,18,19,20);/q;+1/p-1. The van der Waals surface area contributed by atoms with Crippen molar-refractivity contribution in [2.75, 3.05) is 0 Å². The van der Waals surface area contributed by atoms with Crippen molar-refractivity contribution in [2.45, 2.75) is 102 Å². The van der Waals surface area contributed by atoms with E-state index in [-0.39, 0.29) is 57.8 Å². The van der Waals surface area contributed by atoms with Gasteiger partial charge in [0.15, 0.2) is 0 Å². The van der Waals surface area contributed by atoms with Crippen LogP contribution in [0.15, 0.2) is 0 Å². The number of aliphatic hydroxyl groups excluding tert-OH is 1. The van der Waals surface area contributed by atoms with E-state index in [0.717, 1.165) is 25.7 Å². The maximum Gasteiger partial charge on any atom is 1.00 e. The average molecular weight is 361 g/mol. The van der Waals surface area contributed by atoms with Gasteiger partial charge in [0.05, 0.1) is 21.5 Å². The molecule has 0 saturated heterocycles. The van der Waals surface area contributed by atoms with Crippen LogP contribution >= 0.6 is 0 Å². The molecule has 0 aromatic carbocycles. The molecule has 0 saturated carbocycles. The van der Waals surface area contributed by atoms with E-state index in [4.69, 9.17) is 0 Å². The Labute approximate surface area is 180 Å². The summed E-state index contributed by atoms with van der Waals surface area (Å²) in [4.78, 5) is 0. The zero-order chi connectivity index (χ0) is 16.1. The van der Waals surface area contributed by atoms with Crippen molar-refractivity contribution in [3.8, 4) is 0 Å². The zero-order valence-electron chi connectivity index (χ0n) is 14.7. The van der Waals surface area contributed by atoms with Gasteiger partial charge < -0.3 is 9.66 Å². The van der Waals surface area contributed by atoms with Crippen LogP contribution in [0.25, 0.3) is 0 Å². The van der Waals surface area contributed by atoms with Crippen LogP contribution in [0.4, 0.5) is 0 Å². The van der Waals surface area contributed by atoms with Gasteiger partial charge in [0, 0.05) is 0 Å². The van der Waals surface area contributed by atoms with Gasteiger partial charge in [0.1, 0.15) is 0 Å². The fourth-order valence-electron chi connectivity index (χ4n) is 2.64. The second-order valence-electron chi connectivity index (χ2n) is 6.06. The summed E-state index contributed by atoms with van der Waals surface area (Å²) in [5, 5.41) is 8.79. The fourth-order valence-corrected chi connectivity index (χ4v) is 3.55. The molecule has 2 atom stereocenters. The normalized spacial score (nSPS) is 14.4. The molecule has 2 unspecified atom stereocenters. The molecule has 0 aromatic rings. The predicted octanol–water partition coefficient (Wildman–Crippen LogP) is 0.986. The van der Waals surface area contributed by atoms with Crippen molar-refractivity contribution in [3.05, 3.63) is 0 Å². The minimum absolute atomic E-state index is 0. The van der Waals surface area contributed by atoms with Gasteiger partial charge in [-0.05, 0) is 19.3 Å². The van der Waals surface area contributed by atoms with Crippen LogP contribution in [0.1, 0.15) is 90.9 Å². The number of hydrogen-bond donors (Lipinski definition) is 1. The van der Waals surface area contributed by atoms with E-state index >= 15 is 0 Å². The van der Waals surface area contributed by atoms with Crippen molar-refractivity contribution >= 4 is 10.1 Å². The SMILES string of the molecule is CCCCCCCCCCC(CC(O)CCC)S(=O)(=O)[O-].[K+]. The Hall–Kier alpha value is 1.51. The number of aliphatic hydroxyl groups is 1. The first kappa shape index (κ1) is 25.7. The van der Waals surface area contributed by atoms with E-state index in [2.05, 4.69) is 6.92 Å². The van der Waals surface area contributed by atoms with E-state index in [1.165, 1.54) is 32.1 Å². The second-order valence-corrected chi connectivity index (χ2v) is 7.71. The van der Waals surface area contributed by atoms with Crippen LogP contribution in [0.3, 0.4) is 0 Å². The van der Waals surface area contributed by atoms with Crippen LogP contribution in [-0.2, 0) is 10.1 Å². The van der Waals surface area contributed by atoms with Crippen molar-refractivity contribution in [1.29, 1.82) is 0 Å². The van der Waals surface area contributed by atoms with Crippen molar-refractivity contribution < 1.29 is 69.5 Å². The van der Waals surface area contributed by atoms with Crippen molar-refractivity contribution in [3.63, 3.8) is 0 Å². The molecule has 0 heterocycles. The number of hydrogen-bond acceptors (Lipinski definition) is 4. The Balaban J connectivity index is 0. The van der Waals surface area contributed by atoms with Gasteiger partial charge in [0.25, 0.3) is 0 Å². The van der Waals surface area contributed by atoms with Crippen LogP contribution in [0.2, 0.25) is 0 Å². The van der Waals surface area contributed by atoms with Crippen LogP contribution in [-0.4, -0.2) is 29.4 Å². The molecule has 0 aliphatic carbocycles. The summed E-state index contributed by atoms with van der Waals surface area (Å²) < 4.78 is 33.7. The first-order chi connectivity index (χ1) is 9.91. The van der Waals surface area contributed by atoms with Crippen LogP contribution < -0.4 is 51.4 Å². The summed E-state index contributed by atoms with van der Waals surface area (Å²) in [6.45, 7) is 4.12. The van der Waals surface area contributed by atoms with E-state index < -0.39 is 21.5 Å². The number of unbranched alkanes of at least 4 members (excludes halogenated alkanes) is 7. The molecular weight excluding hydrogens is 327 g/mol. The third kappa shape index (κ3) is 15.1. The van der Waals surface area contributed by atoms with E-state index in [1.54, 1.807) is 0 Å². The van der Waals surface area contributed by atoms with Crippen LogP contribution in [0, 0.1) is 0 Å². The molecule has 0 spiro atoms. The molecule has 0 aliphatic rings. The minimum Gasteiger partial charge on any atom is -0.748 e. The molecule has 1 N–H and O–H groups in total. The van der Waals surface area contributed by atoms with E-state index in [0.29, 0.717) is 12.8 Å². The Kier molecular flexibility index (Phi) is 18.7. The molecule has 0 radical (unpaired) electrons. The first-order valence-electron chi connectivity index (χ1n) is 8.54. The first-order valence-corrected chi connectivity index (χ1v) is 10.0. The van der Waals surface area contributed by atoms with Gasteiger partial charge in [-0.1, -0.05) is 71.6 Å². The van der Waals surface area contributed by atoms with E-state index in [1.807, 2.05) is 6.92 Å². The number of rotatable bonds is 14. The summed E-state index contributed by atoms with van der Waals surface area (Å²) in [6, 6.07) is 0. The van der Waals surface area contributed by atoms with Crippen molar-refractivity contribution in [2.24, 2.45) is 0 Å². The second kappa shape index (κ2) is 16.0. The molecule has 4 nitrogen and oxygen atoms in total. The maximum absolute atomic E-state index is 11.2. The van der Waals surface area contributed by atoms with Crippen molar-refractivity contribution in [1.82, 2.24) is 0 Å². The van der Waals surface area contributed by atoms with Gasteiger partial charge in [-0.25, -0.2) is 8.42 Å². The summed E-state index contributed by atoms with van der Waals surface area (Å²) in [5.74, 6) is 0. The maximum atomic E-state index is 11.2. The Morgan fingerprint density at radius 3 is 1.82 bits per heavy atom. The third-order valence-electron chi connectivity index (χ3n) is 3.94. The Morgan fingerprint density at radius 1 is 0.864 bits per heavy atom. The fraction of sp³-hybridized carbons (Fsp3) is 1.00. The Morgan fingerprint density at radius 2 is 1.36 bits per heavy atom. The monoisotopic (exact) mass is 360 g/mol. The third-order valence-corrected chi connectivity index (χ3v) is 5.19. The van der Waals surface area contributed by atoms with Gasteiger partial charge in [-0.2, -0.15) is 0 Å². The van der Waals surface area contributed by atoms with Gasteiger partial charge in [-0.3, -0.25) is 0 Å². The molecule has 22 heavy (non-hydrogen) atoms. The molecule has 6 heteroatoms. The summed E-state index contributed by atoms with van der Waals surface area (Å²) >= 11 is 0. The smallest absolute Gasteiger partial charge is 0.748 e. The van der Waals surface area contributed by atoms with Crippen LogP contribution in [0.5, 0.6) is 0 Å².